The van der Waals surface area contributed by atoms with Crippen molar-refractivity contribution in [2.24, 2.45) is 4.99 Å². The number of H-pyrrole nitrogens is 2. The third kappa shape index (κ3) is 3.95. The van der Waals surface area contributed by atoms with Crippen LogP contribution in [0, 0.1) is 0 Å². The van der Waals surface area contributed by atoms with Gasteiger partial charge in [0, 0.05) is 30.6 Å². The minimum absolute atomic E-state index is 0.0165. The molecule has 0 fully saturated rings. The summed E-state index contributed by atoms with van der Waals surface area (Å²) in [5.74, 6) is -0.0800. The van der Waals surface area contributed by atoms with Gasteiger partial charge in [-0.15, -0.1) is 0 Å². The zero-order valence-electron chi connectivity index (χ0n) is 16.1. The fourth-order valence-electron chi connectivity index (χ4n) is 2.94. The highest BCUT2D eigenvalue weighted by molar-refractivity contribution is 6.00. The monoisotopic (exact) mass is 381 g/mol. The maximum Gasteiger partial charge on any atom is 0.335 e. The SMILES string of the molecule is CC(=NCCc1cnc[nH]1)c1c(O)n(-c2ccc(C(C)C)cc2)c(=O)[nH]c1=O. The molecule has 0 saturated heterocycles. The molecule has 0 unspecified atom stereocenters. The van der Waals surface area contributed by atoms with Crippen LogP contribution in [0.25, 0.3) is 5.69 Å². The third-order valence-corrected chi connectivity index (χ3v) is 4.55. The Morgan fingerprint density at radius 2 is 1.96 bits per heavy atom. The van der Waals surface area contributed by atoms with Crippen molar-refractivity contribution in [2.75, 3.05) is 6.54 Å². The fraction of sp³-hybridized carbons (Fsp3) is 0.300. The summed E-state index contributed by atoms with van der Waals surface area (Å²) >= 11 is 0. The van der Waals surface area contributed by atoms with Gasteiger partial charge < -0.3 is 10.1 Å². The molecule has 2 aromatic heterocycles. The molecular weight excluding hydrogens is 358 g/mol. The Labute approximate surface area is 161 Å². The summed E-state index contributed by atoms with van der Waals surface area (Å²) in [6.45, 7) is 6.18. The summed E-state index contributed by atoms with van der Waals surface area (Å²) in [7, 11) is 0. The first kappa shape index (κ1) is 19.3. The van der Waals surface area contributed by atoms with Crippen molar-refractivity contribution in [1.82, 2.24) is 19.5 Å². The largest absolute Gasteiger partial charge is 0.493 e. The first-order chi connectivity index (χ1) is 13.4. The minimum atomic E-state index is -0.700. The zero-order chi connectivity index (χ0) is 20.3. The van der Waals surface area contributed by atoms with E-state index in [0.29, 0.717) is 30.3 Å². The van der Waals surface area contributed by atoms with Gasteiger partial charge in [-0.25, -0.2) is 14.3 Å². The van der Waals surface area contributed by atoms with Gasteiger partial charge in [-0.3, -0.25) is 14.8 Å². The van der Waals surface area contributed by atoms with E-state index in [1.807, 2.05) is 12.1 Å². The molecule has 1 aromatic carbocycles. The average molecular weight is 381 g/mol. The van der Waals surface area contributed by atoms with Crippen molar-refractivity contribution < 1.29 is 5.11 Å². The van der Waals surface area contributed by atoms with Crippen molar-refractivity contribution in [1.29, 1.82) is 0 Å². The number of hydrogen-bond donors (Lipinski definition) is 3. The molecule has 0 saturated carbocycles. The number of imidazole rings is 1. The molecule has 0 aliphatic heterocycles. The summed E-state index contributed by atoms with van der Waals surface area (Å²) in [6, 6.07) is 7.26. The van der Waals surface area contributed by atoms with Crippen LogP contribution in [-0.2, 0) is 6.42 Å². The number of hydrogen-bond acceptors (Lipinski definition) is 5. The molecule has 0 amide bonds. The van der Waals surface area contributed by atoms with Crippen molar-refractivity contribution in [3.05, 3.63) is 74.4 Å². The summed E-state index contributed by atoms with van der Waals surface area (Å²) in [5.41, 5.74) is 1.47. The first-order valence-corrected chi connectivity index (χ1v) is 9.05. The number of nitrogens with zero attached hydrogens (tertiary/aromatic N) is 3. The van der Waals surface area contributed by atoms with Gasteiger partial charge in [0.2, 0.25) is 5.88 Å². The number of aromatic amines is 2. The van der Waals surface area contributed by atoms with E-state index < -0.39 is 17.1 Å². The van der Waals surface area contributed by atoms with E-state index in [1.165, 1.54) is 0 Å². The number of aromatic nitrogens is 4. The minimum Gasteiger partial charge on any atom is -0.493 e. The highest BCUT2D eigenvalue weighted by atomic mass is 16.3. The standard InChI is InChI=1S/C20H23N5O3/c1-12(2)14-4-6-16(7-5-14)25-19(27)17(18(26)24-20(25)28)13(3)22-9-8-15-10-21-11-23-15/h4-7,10-12,27H,8-9H2,1-3H3,(H,21,23)(H,24,26,28). The Bertz CT molecular complexity index is 1090. The number of nitrogens with one attached hydrogen (secondary N) is 2. The second-order valence-electron chi connectivity index (χ2n) is 6.83. The third-order valence-electron chi connectivity index (χ3n) is 4.55. The first-order valence-electron chi connectivity index (χ1n) is 9.05. The maximum atomic E-state index is 12.3. The lowest BCUT2D eigenvalue weighted by atomic mass is 10.0. The predicted octanol–water partition coefficient (Wildman–Crippen LogP) is 2.13. The van der Waals surface area contributed by atoms with Crippen LogP contribution < -0.4 is 11.2 Å². The van der Waals surface area contributed by atoms with E-state index in [0.717, 1.165) is 15.8 Å². The molecule has 146 valence electrons. The van der Waals surface area contributed by atoms with Crippen LogP contribution in [0.1, 0.15) is 43.5 Å². The van der Waals surface area contributed by atoms with E-state index in [1.54, 1.807) is 31.6 Å². The summed E-state index contributed by atoms with van der Waals surface area (Å²) in [5, 5.41) is 10.7. The molecule has 0 aliphatic carbocycles. The van der Waals surface area contributed by atoms with Gasteiger partial charge in [0.15, 0.2) is 0 Å². The van der Waals surface area contributed by atoms with Gasteiger partial charge in [-0.1, -0.05) is 26.0 Å². The van der Waals surface area contributed by atoms with Gasteiger partial charge >= 0.3 is 5.69 Å². The Balaban J connectivity index is 1.97. The smallest absolute Gasteiger partial charge is 0.335 e. The van der Waals surface area contributed by atoms with E-state index in [4.69, 9.17) is 0 Å². The van der Waals surface area contributed by atoms with Crippen LogP contribution in [0.5, 0.6) is 5.88 Å². The van der Waals surface area contributed by atoms with Crippen molar-refractivity contribution in [3.8, 4) is 11.6 Å². The zero-order valence-corrected chi connectivity index (χ0v) is 16.1. The topological polar surface area (TPSA) is 116 Å². The van der Waals surface area contributed by atoms with E-state index in [-0.39, 0.29) is 5.56 Å². The fourth-order valence-corrected chi connectivity index (χ4v) is 2.94. The number of rotatable bonds is 6. The van der Waals surface area contributed by atoms with Crippen LogP contribution in [0.15, 0.2) is 51.4 Å². The Morgan fingerprint density at radius 1 is 1.25 bits per heavy atom. The molecule has 0 radical (unpaired) electrons. The molecular formula is C20H23N5O3. The lowest BCUT2D eigenvalue weighted by molar-refractivity contribution is 0.429. The molecule has 2 heterocycles. The average Bonchev–Trinajstić information content (AvgIpc) is 3.15. The van der Waals surface area contributed by atoms with Gasteiger partial charge in [0.25, 0.3) is 5.56 Å². The predicted molar refractivity (Wildman–Crippen MR) is 108 cm³/mol. The van der Waals surface area contributed by atoms with Crippen molar-refractivity contribution in [2.45, 2.75) is 33.1 Å². The molecule has 3 aromatic rings. The molecule has 8 heteroatoms. The second-order valence-corrected chi connectivity index (χ2v) is 6.83. The molecule has 3 N–H and O–H groups in total. The highest BCUT2D eigenvalue weighted by Crippen LogP contribution is 2.20. The Kier molecular flexibility index (Phi) is 5.58. The molecule has 8 nitrogen and oxygen atoms in total. The van der Waals surface area contributed by atoms with Gasteiger partial charge in [-0.2, -0.15) is 0 Å². The highest BCUT2D eigenvalue weighted by Gasteiger charge is 2.18. The van der Waals surface area contributed by atoms with Gasteiger partial charge in [0.05, 0.1) is 12.0 Å². The van der Waals surface area contributed by atoms with E-state index in [9.17, 15) is 14.7 Å². The van der Waals surface area contributed by atoms with Crippen molar-refractivity contribution in [3.63, 3.8) is 0 Å². The van der Waals surface area contributed by atoms with Crippen LogP contribution in [0.3, 0.4) is 0 Å². The van der Waals surface area contributed by atoms with Crippen LogP contribution >= 0.6 is 0 Å². The van der Waals surface area contributed by atoms with Crippen LogP contribution in [0.2, 0.25) is 0 Å². The lowest BCUT2D eigenvalue weighted by Crippen LogP contribution is -2.32. The normalized spacial score (nSPS) is 11.9. The van der Waals surface area contributed by atoms with Gasteiger partial charge in [0.1, 0.15) is 5.56 Å². The van der Waals surface area contributed by atoms with Crippen LogP contribution in [-0.4, -0.2) is 36.9 Å². The van der Waals surface area contributed by atoms with Crippen molar-refractivity contribution >= 4 is 5.71 Å². The molecule has 3 rings (SSSR count). The Hall–Kier alpha value is -3.42. The summed E-state index contributed by atoms with van der Waals surface area (Å²) in [6.07, 6.45) is 3.91. The Morgan fingerprint density at radius 3 is 2.57 bits per heavy atom. The molecule has 0 spiro atoms. The number of aliphatic imine (C=N–C) groups is 1. The van der Waals surface area contributed by atoms with E-state index >= 15 is 0 Å². The second kappa shape index (κ2) is 8.08. The number of benzene rings is 1. The quantitative estimate of drug-likeness (QED) is 0.567. The molecule has 0 aliphatic rings. The van der Waals surface area contributed by atoms with Crippen LogP contribution in [0.4, 0.5) is 0 Å². The van der Waals surface area contributed by atoms with Gasteiger partial charge in [-0.05, 0) is 30.5 Å². The van der Waals surface area contributed by atoms with E-state index in [2.05, 4.69) is 33.8 Å². The maximum absolute atomic E-state index is 12.3. The molecule has 0 bridgehead atoms. The molecule has 28 heavy (non-hydrogen) atoms. The summed E-state index contributed by atoms with van der Waals surface area (Å²) < 4.78 is 1.08. The summed E-state index contributed by atoms with van der Waals surface area (Å²) in [4.78, 5) is 38.2. The number of aromatic hydroxyl groups is 1. The molecule has 0 atom stereocenters. The lowest BCUT2D eigenvalue weighted by Gasteiger charge is -2.13.